The van der Waals surface area contributed by atoms with Gasteiger partial charge in [-0.25, -0.2) is 4.57 Å². The van der Waals surface area contributed by atoms with Crippen LogP contribution in [0.5, 0.6) is 0 Å². The Bertz CT molecular complexity index is 685. The maximum Gasteiger partial charge on any atom is 0.386 e. The zero-order chi connectivity index (χ0) is 15.6. The Kier molecular flexibility index (Phi) is 4.91. The molecule has 0 spiro atoms. The van der Waals surface area contributed by atoms with E-state index in [9.17, 15) is 0 Å². The fraction of sp³-hybridized carbons (Fsp3) is 0.235. The Balaban J connectivity index is 2.45. The molecule has 110 valence electrons. The van der Waals surface area contributed by atoms with Crippen molar-refractivity contribution in [2.75, 3.05) is 0 Å². The van der Waals surface area contributed by atoms with Gasteiger partial charge in [0.15, 0.2) is 0 Å². The minimum Gasteiger partial charge on any atom is -0.452 e. The average Bonchev–Trinajstić information content (AvgIpc) is 2.45. The van der Waals surface area contributed by atoms with Gasteiger partial charge < -0.3 is 5.73 Å². The van der Waals surface area contributed by atoms with Gasteiger partial charge in [-0.2, -0.15) is 12.0 Å². The van der Waals surface area contributed by atoms with E-state index in [1.165, 1.54) is 20.5 Å². The topological polar surface area (TPSA) is 29.9 Å². The van der Waals surface area contributed by atoms with Crippen molar-refractivity contribution in [2.45, 2.75) is 25.1 Å². The maximum atomic E-state index is 5.93. The maximum absolute atomic E-state index is 5.93. The monoisotopic (exact) mass is 317 g/mol. The second-order valence-electron chi connectivity index (χ2n) is 4.92. The van der Waals surface area contributed by atoms with Crippen LogP contribution in [0.3, 0.4) is 0 Å². The van der Waals surface area contributed by atoms with Crippen LogP contribution in [0.25, 0.3) is 10.4 Å². The zero-order valence-electron chi connectivity index (χ0n) is 12.9. The normalized spacial score (nSPS) is 12.2. The molecule has 21 heavy (non-hydrogen) atoms. The van der Waals surface area contributed by atoms with Crippen LogP contribution in [0.4, 0.5) is 0 Å². The summed E-state index contributed by atoms with van der Waals surface area (Å²) in [6.45, 7) is 10.2. The SMILES string of the molecule is C=C(S[c-]1[s+]c2cc[cH+]cc-2c(C)[n+]1C)/C([CH-]C)=C(/C)N. The number of hydrogen-bond acceptors (Lipinski definition) is 2. The van der Waals surface area contributed by atoms with E-state index in [0.717, 1.165) is 16.2 Å². The van der Waals surface area contributed by atoms with Gasteiger partial charge in [-0.05, 0) is 6.92 Å². The Morgan fingerprint density at radius 2 is 2.29 bits per heavy atom. The molecular weight excluding hydrogens is 296 g/mol. The molecule has 1 aliphatic carbocycles. The summed E-state index contributed by atoms with van der Waals surface area (Å²) in [6, 6.07) is 8.49. The van der Waals surface area contributed by atoms with Crippen LogP contribution < -0.4 is 10.3 Å². The second kappa shape index (κ2) is 6.50. The van der Waals surface area contributed by atoms with Crippen molar-refractivity contribution in [3.8, 4) is 10.4 Å². The summed E-state index contributed by atoms with van der Waals surface area (Å²) in [5, 5.41) is 0. The van der Waals surface area contributed by atoms with Gasteiger partial charge in [0, 0.05) is 24.3 Å². The summed E-state index contributed by atoms with van der Waals surface area (Å²) < 4.78 is 3.43. The minimum absolute atomic E-state index is 0.806. The third kappa shape index (κ3) is 3.22. The Morgan fingerprint density at radius 3 is 2.90 bits per heavy atom. The molecule has 0 unspecified atom stereocenters. The Labute approximate surface area is 135 Å². The molecule has 0 amide bonds. The molecule has 4 heteroatoms. The van der Waals surface area contributed by atoms with Crippen molar-refractivity contribution in [1.82, 2.24) is 0 Å². The number of allylic oxidation sites excluding steroid dienone is 2. The molecule has 0 aromatic carbocycles. The Morgan fingerprint density at radius 1 is 1.57 bits per heavy atom. The smallest absolute Gasteiger partial charge is 0.386 e. The average molecular weight is 318 g/mol. The predicted molar refractivity (Wildman–Crippen MR) is 93.1 cm³/mol. The van der Waals surface area contributed by atoms with Crippen LogP contribution in [0, 0.1) is 13.3 Å². The highest BCUT2D eigenvalue weighted by atomic mass is 32.2. The van der Waals surface area contributed by atoms with Crippen LogP contribution in [-0.4, -0.2) is 0 Å². The van der Waals surface area contributed by atoms with E-state index in [1.54, 1.807) is 23.1 Å². The first kappa shape index (κ1) is 15.9. The summed E-state index contributed by atoms with van der Waals surface area (Å²) in [6.07, 6.45) is 2.02. The van der Waals surface area contributed by atoms with Crippen LogP contribution in [0.15, 0.2) is 51.4 Å². The van der Waals surface area contributed by atoms with Crippen molar-refractivity contribution >= 4 is 23.1 Å². The van der Waals surface area contributed by atoms with Crippen molar-refractivity contribution < 1.29 is 4.57 Å². The molecule has 2 aliphatic rings. The number of fused-ring (bicyclic) bond motifs is 1. The number of rotatable bonds is 4. The largest absolute Gasteiger partial charge is 0.452 e. The first-order valence-corrected chi connectivity index (χ1v) is 8.43. The standard InChI is InChI=1S/C17H21N2S2/c1-6-14(11(2)18)13(4)20-17-19(5)12(3)15-9-7-8-10-16(15)21-17/h6-10H,4,18H2,1-3,5H3/q+1/b14-11-. The number of nitrogens with two attached hydrogens (primary N) is 1. The summed E-state index contributed by atoms with van der Waals surface area (Å²) in [5.74, 6) is 0. The highest BCUT2D eigenvalue weighted by Crippen LogP contribution is 2.37. The van der Waals surface area contributed by atoms with Gasteiger partial charge in [0.25, 0.3) is 0 Å². The molecule has 0 saturated heterocycles. The van der Waals surface area contributed by atoms with E-state index in [2.05, 4.69) is 49.4 Å². The number of aromatic nitrogens is 1. The van der Waals surface area contributed by atoms with Gasteiger partial charge in [0.2, 0.25) is 16.2 Å². The fourth-order valence-corrected chi connectivity index (χ4v) is 4.74. The molecule has 1 heterocycles. The quantitative estimate of drug-likeness (QED) is 0.299. The first-order chi connectivity index (χ1) is 9.95. The highest BCUT2D eigenvalue weighted by molar-refractivity contribution is 8.04. The molecule has 0 fully saturated rings. The number of benzene rings is 1. The third-order valence-corrected chi connectivity index (χ3v) is 5.91. The van der Waals surface area contributed by atoms with Gasteiger partial charge in [0.05, 0.1) is 5.56 Å². The van der Waals surface area contributed by atoms with Gasteiger partial charge >= 0.3 is 4.34 Å². The Hall–Kier alpha value is -1.52. The van der Waals surface area contributed by atoms with Crippen molar-refractivity contribution in [3.05, 3.63) is 59.1 Å². The summed E-state index contributed by atoms with van der Waals surface area (Å²) in [4.78, 5) is 2.28. The second-order valence-corrected chi connectivity index (χ2v) is 7.29. The van der Waals surface area contributed by atoms with E-state index < -0.39 is 0 Å². The summed E-state index contributed by atoms with van der Waals surface area (Å²) in [7, 11) is 2.10. The first-order valence-electron chi connectivity index (χ1n) is 6.80. The molecule has 2 N–H and O–H groups in total. The summed E-state index contributed by atoms with van der Waals surface area (Å²) >= 11 is 3.46. The molecule has 0 aromatic heterocycles. The molecule has 0 radical (unpaired) electrons. The highest BCUT2D eigenvalue weighted by Gasteiger charge is 2.26. The predicted octanol–water partition coefficient (Wildman–Crippen LogP) is 4.33. The molecule has 0 saturated carbocycles. The lowest BCUT2D eigenvalue weighted by molar-refractivity contribution is -0.709. The van der Waals surface area contributed by atoms with Crippen molar-refractivity contribution in [1.29, 1.82) is 0 Å². The van der Waals surface area contributed by atoms with Gasteiger partial charge in [-0.3, -0.25) is 0 Å². The fourth-order valence-electron chi connectivity index (χ4n) is 2.19. The molecule has 2 nitrogen and oxygen atoms in total. The molecule has 0 aromatic rings. The molecular formula is C17H21N2S2+. The van der Waals surface area contributed by atoms with E-state index in [4.69, 9.17) is 5.73 Å². The molecule has 2 rings (SSSR count). The van der Waals surface area contributed by atoms with Gasteiger partial charge in [0.1, 0.15) is 12.7 Å². The van der Waals surface area contributed by atoms with Crippen LogP contribution >= 0.6 is 23.1 Å². The van der Waals surface area contributed by atoms with Gasteiger partial charge in [-0.15, -0.1) is 6.58 Å². The number of nitrogens with zero attached hydrogens (tertiary/aromatic N) is 1. The number of hydrogen-bond donors (Lipinski definition) is 1. The van der Waals surface area contributed by atoms with Gasteiger partial charge in [-0.1, -0.05) is 36.2 Å². The zero-order valence-corrected chi connectivity index (χ0v) is 14.6. The molecule has 0 atom stereocenters. The summed E-state index contributed by atoms with van der Waals surface area (Å²) in [5.41, 5.74) is 10.3. The van der Waals surface area contributed by atoms with Crippen LogP contribution in [-0.2, 0) is 7.05 Å². The lowest BCUT2D eigenvalue weighted by Crippen LogP contribution is -2.34. The molecule has 0 bridgehead atoms. The lowest BCUT2D eigenvalue weighted by Gasteiger charge is -2.18. The van der Waals surface area contributed by atoms with E-state index in [1.807, 2.05) is 20.3 Å². The minimum atomic E-state index is 0.806. The van der Waals surface area contributed by atoms with Crippen molar-refractivity contribution in [2.24, 2.45) is 12.8 Å². The number of thioether (sulfide) groups is 1. The lowest BCUT2D eigenvalue weighted by atomic mass is 10.1. The van der Waals surface area contributed by atoms with E-state index >= 15 is 0 Å². The van der Waals surface area contributed by atoms with E-state index in [-0.39, 0.29) is 0 Å². The molecule has 1 aliphatic heterocycles. The van der Waals surface area contributed by atoms with Crippen LogP contribution in [0.2, 0.25) is 0 Å². The van der Waals surface area contributed by atoms with Crippen molar-refractivity contribution in [3.63, 3.8) is 0 Å². The third-order valence-electron chi connectivity index (χ3n) is 3.48. The van der Waals surface area contributed by atoms with Crippen LogP contribution in [0.1, 0.15) is 19.5 Å². The van der Waals surface area contributed by atoms with E-state index in [0.29, 0.717) is 0 Å².